The molecule has 0 aliphatic carbocycles. The fraction of sp³-hybridized carbons (Fsp3) is 0.182. The third-order valence-electron chi connectivity index (χ3n) is 4.86. The Bertz CT molecular complexity index is 1290. The van der Waals surface area contributed by atoms with Crippen LogP contribution in [-0.4, -0.2) is 25.3 Å². The normalized spacial score (nSPS) is 11.0. The lowest BCUT2D eigenvalue weighted by molar-refractivity contribution is -0.122. The number of nitrogens with one attached hydrogen (secondary N) is 1. The number of aryl methyl sites for hydroxylation is 2. The molecule has 4 rings (SSSR count). The van der Waals surface area contributed by atoms with Crippen molar-refractivity contribution in [3.8, 4) is 11.3 Å². The second kappa shape index (κ2) is 8.12. The molecule has 0 aliphatic heterocycles. The standard InChI is InChI=1S/C22H20ClN5O2/c1-14-3-4-15(2)18(9-14)19-10-20-22(30)27(25-13-28(20)26-19)12-21(29)24-11-16-5-7-17(23)8-6-16/h3-10,13H,11-12H2,1-2H3,(H,24,29). The van der Waals surface area contributed by atoms with Gasteiger partial charge < -0.3 is 5.32 Å². The van der Waals surface area contributed by atoms with Crippen LogP contribution in [0.15, 0.2) is 59.7 Å². The van der Waals surface area contributed by atoms with Crippen LogP contribution in [-0.2, 0) is 17.9 Å². The lowest BCUT2D eigenvalue weighted by Crippen LogP contribution is -2.34. The quantitative estimate of drug-likeness (QED) is 0.536. The average molecular weight is 422 g/mol. The van der Waals surface area contributed by atoms with Gasteiger partial charge in [-0.3, -0.25) is 9.59 Å². The number of aromatic nitrogens is 4. The summed E-state index contributed by atoms with van der Waals surface area (Å²) >= 11 is 5.86. The Kier molecular flexibility index (Phi) is 5.37. The van der Waals surface area contributed by atoms with Crippen LogP contribution >= 0.6 is 11.6 Å². The monoisotopic (exact) mass is 421 g/mol. The van der Waals surface area contributed by atoms with Gasteiger partial charge in [0.05, 0.1) is 5.69 Å². The zero-order valence-corrected chi connectivity index (χ0v) is 17.3. The minimum atomic E-state index is -0.372. The molecule has 2 aromatic heterocycles. The van der Waals surface area contributed by atoms with Gasteiger partial charge in [-0.1, -0.05) is 41.4 Å². The molecule has 0 saturated carbocycles. The number of amides is 1. The van der Waals surface area contributed by atoms with Gasteiger partial charge in [0.1, 0.15) is 18.4 Å². The number of carbonyl (C=O) groups excluding carboxylic acids is 1. The molecule has 0 aliphatic rings. The van der Waals surface area contributed by atoms with E-state index in [1.165, 1.54) is 10.8 Å². The lowest BCUT2D eigenvalue weighted by atomic mass is 10.0. The Hall–Kier alpha value is -3.45. The third-order valence-corrected chi connectivity index (χ3v) is 5.11. The topological polar surface area (TPSA) is 81.3 Å². The van der Waals surface area contributed by atoms with Crippen molar-refractivity contribution >= 4 is 23.0 Å². The average Bonchev–Trinajstić information content (AvgIpc) is 3.16. The van der Waals surface area contributed by atoms with Gasteiger partial charge in [0.25, 0.3) is 5.56 Å². The van der Waals surface area contributed by atoms with E-state index in [4.69, 9.17) is 11.6 Å². The van der Waals surface area contributed by atoms with E-state index in [9.17, 15) is 9.59 Å². The highest BCUT2D eigenvalue weighted by molar-refractivity contribution is 6.30. The predicted octanol–water partition coefficient (Wildman–Crippen LogP) is 3.14. The van der Waals surface area contributed by atoms with Crippen LogP contribution in [0.2, 0.25) is 5.02 Å². The minimum Gasteiger partial charge on any atom is -0.350 e. The van der Waals surface area contributed by atoms with Crippen LogP contribution in [0, 0.1) is 13.8 Å². The van der Waals surface area contributed by atoms with Crippen LogP contribution in [0.3, 0.4) is 0 Å². The summed E-state index contributed by atoms with van der Waals surface area (Å²) in [5.41, 5.74) is 4.75. The summed E-state index contributed by atoms with van der Waals surface area (Å²) in [7, 11) is 0. The smallest absolute Gasteiger partial charge is 0.293 e. The summed E-state index contributed by atoms with van der Waals surface area (Å²) < 4.78 is 2.59. The first-order valence-electron chi connectivity index (χ1n) is 9.45. The van der Waals surface area contributed by atoms with Gasteiger partial charge in [-0.2, -0.15) is 10.2 Å². The van der Waals surface area contributed by atoms with Gasteiger partial charge in [0.15, 0.2) is 0 Å². The van der Waals surface area contributed by atoms with Crippen LogP contribution < -0.4 is 10.9 Å². The molecular formula is C22H20ClN5O2. The summed E-state index contributed by atoms with van der Waals surface area (Å²) in [4.78, 5) is 25.1. The first-order chi connectivity index (χ1) is 14.4. The zero-order chi connectivity index (χ0) is 21.3. The summed E-state index contributed by atoms with van der Waals surface area (Å²) in [5, 5.41) is 12.0. The van der Waals surface area contributed by atoms with E-state index >= 15 is 0 Å². The van der Waals surface area contributed by atoms with Crippen LogP contribution in [0.4, 0.5) is 0 Å². The van der Waals surface area contributed by atoms with Crippen molar-refractivity contribution in [1.82, 2.24) is 24.7 Å². The lowest BCUT2D eigenvalue weighted by Gasteiger charge is -2.07. The van der Waals surface area contributed by atoms with E-state index in [2.05, 4.69) is 15.5 Å². The van der Waals surface area contributed by atoms with Gasteiger partial charge in [0.2, 0.25) is 5.91 Å². The second-order valence-electron chi connectivity index (χ2n) is 7.17. The van der Waals surface area contributed by atoms with Gasteiger partial charge >= 0.3 is 0 Å². The summed E-state index contributed by atoms with van der Waals surface area (Å²) in [6, 6.07) is 15.0. The summed E-state index contributed by atoms with van der Waals surface area (Å²) in [6.07, 6.45) is 1.44. The molecule has 4 aromatic rings. The van der Waals surface area contributed by atoms with Crippen molar-refractivity contribution < 1.29 is 4.79 Å². The molecule has 1 N–H and O–H groups in total. The molecule has 0 spiro atoms. The van der Waals surface area contributed by atoms with Crippen molar-refractivity contribution in [2.75, 3.05) is 0 Å². The van der Waals surface area contributed by atoms with Crippen LogP contribution in [0.1, 0.15) is 16.7 Å². The summed E-state index contributed by atoms with van der Waals surface area (Å²) in [5.74, 6) is -0.307. The molecule has 0 radical (unpaired) electrons. The highest BCUT2D eigenvalue weighted by Gasteiger charge is 2.13. The second-order valence-corrected chi connectivity index (χ2v) is 7.61. The van der Waals surface area contributed by atoms with E-state index in [0.717, 1.165) is 26.9 Å². The number of nitrogens with zero attached hydrogens (tertiary/aromatic N) is 4. The number of carbonyl (C=O) groups is 1. The van der Waals surface area contributed by atoms with Crippen molar-refractivity contribution in [2.45, 2.75) is 26.9 Å². The van der Waals surface area contributed by atoms with E-state index < -0.39 is 0 Å². The molecule has 7 nitrogen and oxygen atoms in total. The number of hydrogen-bond donors (Lipinski definition) is 1. The molecular weight excluding hydrogens is 402 g/mol. The van der Waals surface area contributed by atoms with Crippen molar-refractivity contribution in [1.29, 1.82) is 0 Å². The number of halogens is 1. The van der Waals surface area contributed by atoms with Crippen LogP contribution in [0.5, 0.6) is 0 Å². The molecule has 0 unspecified atom stereocenters. The van der Waals surface area contributed by atoms with E-state index in [-0.39, 0.29) is 18.0 Å². The van der Waals surface area contributed by atoms with E-state index in [1.807, 2.05) is 44.2 Å². The van der Waals surface area contributed by atoms with Gasteiger partial charge in [-0.15, -0.1) is 0 Å². The maximum Gasteiger partial charge on any atom is 0.293 e. The minimum absolute atomic E-state index is 0.174. The van der Waals surface area contributed by atoms with E-state index in [0.29, 0.717) is 22.8 Å². The van der Waals surface area contributed by atoms with Gasteiger partial charge in [-0.25, -0.2) is 9.20 Å². The molecule has 0 bridgehead atoms. The summed E-state index contributed by atoms with van der Waals surface area (Å²) in [6.45, 7) is 4.18. The van der Waals surface area contributed by atoms with Gasteiger partial charge in [-0.05, 0) is 49.2 Å². The highest BCUT2D eigenvalue weighted by Crippen LogP contribution is 2.23. The molecule has 0 atom stereocenters. The Morgan fingerprint density at radius 2 is 1.87 bits per heavy atom. The number of rotatable bonds is 5. The Morgan fingerprint density at radius 3 is 2.63 bits per heavy atom. The molecule has 1 amide bonds. The van der Waals surface area contributed by atoms with Crippen LogP contribution in [0.25, 0.3) is 16.8 Å². The Morgan fingerprint density at radius 1 is 1.10 bits per heavy atom. The van der Waals surface area contributed by atoms with Crippen molar-refractivity contribution in [2.24, 2.45) is 0 Å². The SMILES string of the molecule is Cc1ccc(C)c(-c2cc3c(=O)n(CC(=O)NCc4ccc(Cl)cc4)ncn3n2)c1. The first kappa shape index (κ1) is 19.8. The molecule has 0 saturated heterocycles. The highest BCUT2D eigenvalue weighted by atomic mass is 35.5. The zero-order valence-electron chi connectivity index (χ0n) is 16.6. The Balaban J connectivity index is 1.54. The fourth-order valence-electron chi connectivity index (χ4n) is 3.19. The molecule has 0 fully saturated rings. The molecule has 8 heteroatoms. The van der Waals surface area contributed by atoms with Gasteiger partial charge in [0, 0.05) is 17.1 Å². The molecule has 152 valence electrons. The predicted molar refractivity (Wildman–Crippen MR) is 115 cm³/mol. The number of hydrogen-bond acceptors (Lipinski definition) is 4. The van der Waals surface area contributed by atoms with Crippen molar-refractivity contribution in [3.05, 3.63) is 86.9 Å². The molecule has 2 heterocycles. The first-order valence-corrected chi connectivity index (χ1v) is 9.83. The third kappa shape index (κ3) is 4.11. The maximum absolute atomic E-state index is 12.8. The maximum atomic E-state index is 12.8. The van der Waals surface area contributed by atoms with Crippen molar-refractivity contribution in [3.63, 3.8) is 0 Å². The van der Waals surface area contributed by atoms with E-state index in [1.54, 1.807) is 18.2 Å². The Labute approximate surface area is 177 Å². The number of benzene rings is 2. The number of fused-ring (bicyclic) bond motifs is 1. The molecule has 2 aromatic carbocycles. The molecule has 30 heavy (non-hydrogen) atoms. The fourth-order valence-corrected chi connectivity index (χ4v) is 3.31. The largest absolute Gasteiger partial charge is 0.350 e.